The summed E-state index contributed by atoms with van der Waals surface area (Å²) in [4.78, 5) is 0. The van der Waals surface area contributed by atoms with Crippen molar-refractivity contribution in [3.05, 3.63) is 64.2 Å². The number of aliphatic hydroxyl groups is 1. The van der Waals surface area contributed by atoms with E-state index in [1.54, 1.807) is 0 Å². The molecule has 2 rings (SSSR count). The molecule has 0 saturated carbocycles. The van der Waals surface area contributed by atoms with Gasteiger partial charge in [-0.3, -0.25) is 0 Å². The van der Waals surface area contributed by atoms with Crippen molar-refractivity contribution in [2.45, 2.75) is 32.8 Å². The highest BCUT2D eigenvalue weighted by molar-refractivity contribution is 6.31. The highest BCUT2D eigenvalue weighted by Crippen LogP contribution is 2.31. The molecule has 2 aromatic rings. The summed E-state index contributed by atoms with van der Waals surface area (Å²) in [7, 11) is 0. The molecule has 0 aliphatic carbocycles. The van der Waals surface area contributed by atoms with E-state index in [1.807, 2.05) is 49.4 Å². The van der Waals surface area contributed by atoms with Crippen molar-refractivity contribution in [3.8, 4) is 5.75 Å². The van der Waals surface area contributed by atoms with Crippen LogP contribution in [0.2, 0.25) is 5.02 Å². The first-order valence-electron chi connectivity index (χ1n) is 7.15. The zero-order valence-electron chi connectivity index (χ0n) is 12.6. The summed E-state index contributed by atoms with van der Waals surface area (Å²) in [6.45, 7) is 6.38. The minimum absolute atomic E-state index is 0.226. The van der Waals surface area contributed by atoms with Crippen LogP contribution >= 0.6 is 11.6 Å². The number of hydrogen-bond donors (Lipinski definition) is 1. The largest absolute Gasteiger partial charge is 0.490 e. The molecule has 0 bridgehead atoms. The van der Waals surface area contributed by atoms with E-state index >= 15 is 0 Å². The third-order valence-electron chi connectivity index (χ3n) is 3.50. The molecule has 112 valence electrons. The lowest BCUT2D eigenvalue weighted by Crippen LogP contribution is -2.10. The summed E-state index contributed by atoms with van der Waals surface area (Å²) >= 11 is 6.25. The first-order valence-corrected chi connectivity index (χ1v) is 7.52. The van der Waals surface area contributed by atoms with Gasteiger partial charge in [0.15, 0.2) is 0 Å². The van der Waals surface area contributed by atoms with Crippen LogP contribution in [0, 0.1) is 6.92 Å². The molecule has 21 heavy (non-hydrogen) atoms. The molecule has 0 saturated heterocycles. The second kappa shape index (κ2) is 6.97. The number of aliphatic hydroxyl groups excluding tert-OH is 1. The Kier molecular flexibility index (Phi) is 5.27. The van der Waals surface area contributed by atoms with E-state index in [1.165, 1.54) is 0 Å². The van der Waals surface area contributed by atoms with Crippen molar-refractivity contribution < 1.29 is 9.84 Å². The van der Waals surface area contributed by atoms with Crippen LogP contribution in [-0.4, -0.2) is 11.7 Å². The van der Waals surface area contributed by atoms with Crippen molar-refractivity contribution >= 4 is 11.6 Å². The number of hydrogen-bond acceptors (Lipinski definition) is 2. The Bertz CT molecular complexity index is 594. The Morgan fingerprint density at radius 3 is 2.43 bits per heavy atom. The van der Waals surface area contributed by atoms with Gasteiger partial charge in [0.2, 0.25) is 0 Å². The van der Waals surface area contributed by atoms with E-state index in [0.717, 1.165) is 27.5 Å². The number of ether oxygens (including phenoxy) is 1. The fourth-order valence-corrected chi connectivity index (χ4v) is 2.64. The van der Waals surface area contributed by atoms with Crippen LogP contribution < -0.4 is 4.74 Å². The molecule has 0 aliphatic rings. The van der Waals surface area contributed by atoms with Crippen molar-refractivity contribution in [1.29, 1.82) is 0 Å². The van der Waals surface area contributed by atoms with Gasteiger partial charge < -0.3 is 9.84 Å². The minimum Gasteiger partial charge on any atom is -0.490 e. The quantitative estimate of drug-likeness (QED) is 0.852. The number of aryl methyl sites for hydroxylation is 1. The van der Waals surface area contributed by atoms with Gasteiger partial charge in [0.25, 0.3) is 0 Å². The van der Waals surface area contributed by atoms with Gasteiger partial charge in [-0.25, -0.2) is 0 Å². The van der Waals surface area contributed by atoms with Gasteiger partial charge in [-0.15, -0.1) is 0 Å². The van der Waals surface area contributed by atoms with E-state index in [0.29, 0.717) is 5.92 Å². The average Bonchev–Trinajstić information content (AvgIpc) is 2.46. The highest BCUT2D eigenvalue weighted by atomic mass is 35.5. The van der Waals surface area contributed by atoms with Crippen molar-refractivity contribution in [2.75, 3.05) is 6.61 Å². The first kappa shape index (κ1) is 15.9. The Morgan fingerprint density at radius 2 is 1.81 bits per heavy atom. The standard InChI is InChI=1S/C18H21ClO2/c1-12(2)15-10-18(13(3)9-16(15)19)21-11-17(20)14-7-5-4-6-8-14/h4-10,12,17,20H,11H2,1-3H3. The van der Waals surface area contributed by atoms with Crippen LogP contribution in [0.4, 0.5) is 0 Å². The molecule has 0 aliphatic heterocycles. The average molecular weight is 305 g/mol. The van der Waals surface area contributed by atoms with Crippen LogP contribution in [0.25, 0.3) is 0 Å². The van der Waals surface area contributed by atoms with E-state index < -0.39 is 6.10 Å². The summed E-state index contributed by atoms with van der Waals surface area (Å²) in [5.41, 5.74) is 2.89. The van der Waals surface area contributed by atoms with Gasteiger partial charge in [-0.2, -0.15) is 0 Å². The predicted molar refractivity (Wildman–Crippen MR) is 87.2 cm³/mol. The summed E-state index contributed by atoms with van der Waals surface area (Å²) in [6.07, 6.45) is -0.635. The molecule has 1 atom stereocenters. The fraction of sp³-hybridized carbons (Fsp3) is 0.333. The Balaban J connectivity index is 2.11. The van der Waals surface area contributed by atoms with Gasteiger partial charge in [-0.05, 0) is 41.7 Å². The Labute approximate surface area is 131 Å². The predicted octanol–water partition coefficient (Wildman–Crippen LogP) is 4.88. The number of halogens is 1. The number of rotatable bonds is 5. The lowest BCUT2D eigenvalue weighted by molar-refractivity contribution is 0.108. The third-order valence-corrected chi connectivity index (χ3v) is 3.82. The van der Waals surface area contributed by atoms with Gasteiger partial charge in [-0.1, -0.05) is 55.8 Å². The van der Waals surface area contributed by atoms with E-state index in [9.17, 15) is 5.11 Å². The summed E-state index contributed by atoms with van der Waals surface area (Å²) in [5, 5.41) is 10.9. The molecule has 2 aromatic carbocycles. The molecule has 2 nitrogen and oxygen atoms in total. The van der Waals surface area contributed by atoms with Crippen molar-refractivity contribution in [1.82, 2.24) is 0 Å². The topological polar surface area (TPSA) is 29.5 Å². The van der Waals surface area contributed by atoms with E-state index in [-0.39, 0.29) is 6.61 Å². The minimum atomic E-state index is -0.635. The second-order valence-electron chi connectivity index (χ2n) is 5.53. The van der Waals surface area contributed by atoms with Crippen LogP contribution in [0.5, 0.6) is 5.75 Å². The molecule has 1 unspecified atom stereocenters. The Hall–Kier alpha value is -1.51. The maximum atomic E-state index is 10.2. The monoisotopic (exact) mass is 304 g/mol. The van der Waals surface area contributed by atoms with Crippen molar-refractivity contribution in [2.24, 2.45) is 0 Å². The van der Waals surface area contributed by atoms with E-state index in [2.05, 4.69) is 13.8 Å². The smallest absolute Gasteiger partial charge is 0.122 e. The summed E-state index contributed by atoms with van der Waals surface area (Å²) in [6, 6.07) is 13.4. The lowest BCUT2D eigenvalue weighted by atomic mass is 10.0. The van der Waals surface area contributed by atoms with Crippen LogP contribution in [0.3, 0.4) is 0 Å². The highest BCUT2D eigenvalue weighted by Gasteiger charge is 2.12. The van der Waals surface area contributed by atoms with Crippen LogP contribution in [-0.2, 0) is 0 Å². The Morgan fingerprint density at radius 1 is 1.14 bits per heavy atom. The van der Waals surface area contributed by atoms with Gasteiger partial charge in [0, 0.05) is 5.02 Å². The molecule has 0 radical (unpaired) electrons. The molecule has 0 aromatic heterocycles. The molecule has 0 heterocycles. The summed E-state index contributed by atoms with van der Waals surface area (Å²) in [5.74, 6) is 1.11. The number of benzene rings is 2. The normalized spacial score (nSPS) is 12.5. The zero-order valence-corrected chi connectivity index (χ0v) is 13.4. The van der Waals surface area contributed by atoms with Gasteiger partial charge in [0.1, 0.15) is 18.5 Å². The van der Waals surface area contributed by atoms with Crippen LogP contribution in [0.1, 0.15) is 42.6 Å². The maximum Gasteiger partial charge on any atom is 0.122 e. The zero-order chi connectivity index (χ0) is 15.4. The molecule has 3 heteroatoms. The van der Waals surface area contributed by atoms with E-state index in [4.69, 9.17) is 16.3 Å². The van der Waals surface area contributed by atoms with Crippen LogP contribution in [0.15, 0.2) is 42.5 Å². The molecule has 0 amide bonds. The maximum absolute atomic E-state index is 10.2. The lowest BCUT2D eigenvalue weighted by Gasteiger charge is -2.17. The molecule has 0 fully saturated rings. The summed E-state index contributed by atoms with van der Waals surface area (Å²) < 4.78 is 5.79. The molecule has 1 N–H and O–H groups in total. The first-order chi connectivity index (χ1) is 9.99. The fourth-order valence-electron chi connectivity index (χ4n) is 2.21. The molecular weight excluding hydrogens is 284 g/mol. The van der Waals surface area contributed by atoms with Gasteiger partial charge in [0.05, 0.1) is 0 Å². The van der Waals surface area contributed by atoms with Gasteiger partial charge >= 0.3 is 0 Å². The SMILES string of the molecule is Cc1cc(Cl)c(C(C)C)cc1OCC(O)c1ccccc1. The molecule has 0 spiro atoms. The van der Waals surface area contributed by atoms with Crippen molar-refractivity contribution in [3.63, 3.8) is 0 Å². The third kappa shape index (κ3) is 3.99. The molecular formula is C18H21ClO2. The second-order valence-corrected chi connectivity index (χ2v) is 5.94.